The van der Waals surface area contributed by atoms with Crippen molar-refractivity contribution < 1.29 is 14.3 Å². The number of hydrogen-bond donors (Lipinski definition) is 1. The van der Waals surface area contributed by atoms with E-state index in [1.165, 1.54) is 0 Å². The molecule has 0 aromatic heterocycles. The highest BCUT2D eigenvalue weighted by atomic mass is 16.5. The van der Waals surface area contributed by atoms with Crippen LogP contribution in [0.4, 0.5) is 0 Å². The Balaban J connectivity index is 3.13. The van der Waals surface area contributed by atoms with Crippen molar-refractivity contribution in [3.63, 3.8) is 0 Å². The molecule has 0 spiro atoms. The molecule has 0 aliphatic carbocycles. The Labute approximate surface area is 108 Å². The topological polar surface area (TPSA) is 61.5 Å². The van der Waals surface area contributed by atoms with Gasteiger partial charge in [-0.1, -0.05) is 13.8 Å². The number of ketones is 1. The first kappa shape index (κ1) is 14.5. The predicted octanol–water partition coefficient (Wildman–Crippen LogP) is 2.26. The number of nitrogens with two attached hydrogens (primary N) is 1. The lowest BCUT2D eigenvalue weighted by Crippen LogP contribution is -2.27. The second-order valence-electron chi connectivity index (χ2n) is 4.82. The second-order valence-corrected chi connectivity index (χ2v) is 4.82. The fourth-order valence-corrected chi connectivity index (χ4v) is 1.83. The molecule has 0 atom stereocenters. The summed E-state index contributed by atoms with van der Waals surface area (Å²) in [4.78, 5) is 12.5. The van der Waals surface area contributed by atoms with E-state index >= 15 is 0 Å². The van der Waals surface area contributed by atoms with Gasteiger partial charge in [0, 0.05) is 11.5 Å². The van der Waals surface area contributed by atoms with Crippen molar-refractivity contribution in [2.75, 3.05) is 20.8 Å². The summed E-state index contributed by atoms with van der Waals surface area (Å²) < 4.78 is 10.4. The van der Waals surface area contributed by atoms with Gasteiger partial charge in [0.25, 0.3) is 0 Å². The van der Waals surface area contributed by atoms with Crippen molar-refractivity contribution in [2.45, 2.75) is 20.3 Å². The zero-order valence-electron chi connectivity index (χ0n) is 11.4. The van der Waals surface area contributed by atoms with Gasteiger partial charge in [0.15, 0.2) is 5.78 Å². The first-order valence-electron chi connectivity index (χ1n) is 5.93. The second kappa shape index (κ2) is 5.87. The lowest BCUT2D eigenvalue weighted by atomic mass is 9.81. The fourth-order valence-electron chi connectivity index (χ4n) is 1.83. The average molecular weight is 251 g/mol. The van der Waals surface area contributed by atoms with Crippen LogP contribution in [0.5, 0.6) is 11.5 Å². The zero-order chi connectivity index (χ0) is 13.8. The summed E-state index contributed by atoms with van der Waals surface area (Å²) in [5, 5.41) is 0. The number of carbonyl (C=O) groups is 1. The van der Waals surface area contributed by atoms with Crippen LogP contribution in [-0.4, -0.2) is 26.5 Å². The van der Waals surface area contributed by atoms with Crippen LogP contribution in [-0.2, 0) is 0 Å². The SMILES string of the molecule is COc1ccc(C(=O)C(C)(C)CCN)c(OC)c1. The van der Waals surface area contributed by atoms with Crippen LogP contribution in [0.2, 0.25) is 0 Å². The van der Waals surface area contributed by atoms with Crippen LogP contribution in [0.25, 0.3) is 0 Å². The molecule has 0 fully saturated rings. The van der Waals surface area contributed by atoms with Crippen molar-refractivity contribution in [1.29, 1.82) is 0 Å². The van der Waals surface area contributed by atoms with Crippen LogP contribution in [0.15, 0.2) is 18.2 Å². The van der Waals surface area contributed by atoms with E-state index in [2.05, 4.69) is 0 Å². The highest BCUT2D eigenvalue weighted by Gasteiger charge is 2.29. The summed E-state index contributed by atoms with van der Waals surface area (Å²) in [6, 6.07) is 5.21. The largest absolute Gasteiger partial charge is 0.497 e. The van der Waals surface area contributed by atoms with E-state index in [9.17, 15) is 4.79 Å². The highest BCUT2D eigenvalue weighted by Crippen LogP contribution is 2.32. The van der Waals surface area contributed by atoms with E-state index in [-0.39, 0.29) is 5.78 Å². The van der Waals surface area contributed by atoms with Crippen LogP contribution in [0, 0.1) is 5.41 Å². The Morgan fingerprint density at radius 1 is 1.28 bits per heavy atom. The highest BCUT2D eigenvalue weighted by molar-refractivity contribution is 6.02. The molecule has 0 saturated carbocycles. The number of ether oxygens (including phenoxy) is 2. The summed E-state index contributed by atoms with van der Waals surface area (Å²) in [6.45, 7) is 4.27. The number of carbonyl (C=O) groups excluding carboxylic acids is 1. The molecule has 18 heavy (non-hydrogen) atoms. The van der Waals surface area contributed by atoms with Gasteiger partial charge in [-0.25, -0.2) is 0 Å². The van der Waals surface area contributed by atoms with Gasteiger partial charge >= 0.3 is 0 Å². The molecule has 0 aliphatic heterocycles. The molecule has 0 saturated heterocycles. The minimum Gasteiger partial charge on any atom is -0.497 e. The van der Waals surface area contributed by atoms with Gasteiger partial charge in [-0.3, -0.25) is 4.79 Å². The third-order valence-electron chi connectivity index (χ3n) is 3.04. The summed E-state index contributed by atoms with van der Waals surface area (Å²) in [5.41, 5.74) is 5.62. The number of Topliss-reactive ketones (excluding diaryl/α,β-unsaturated/α-hetero) is 1. The molecule has 0 amide bonds. The first-order chi connectivity index (χ1) is 8.46. The normalized spacial score (nSPS) is 11.2. The summed E-state index contributed by atoms with van der Waals surface area (Å²) in [7, 11) is 3.12. The van der Waals surface area contributed by atoms with Crippen LogP contribution in [0.1, 0.15) is 30.6 Å². The van der Waals surface area contributed by atoms with Gasteiger partial charge in [-0.05, 0) is 25.1 Å². The van der Waals surface area contributed by atoms with E-state index < -0.39 is 5.41 Å². The maximum absolute atomic E-state index is 12.5. The van der Waals surface area contributed by atoms with Gasteiger partial charge in [0.2, 0.25) is 0 Å². The molecule has 0 bridgehead atoms. The van der Waals surface area contributed by atoms with E-state index in [0.29, 0.717) is 30.0 Å². The Morgan fingerprint density at radius 3 is 2.44 bits per heavy atom. The van der Waals surface area contributed by atoms with Crippen LogP contribution in [0.3, 0.4) is 0 Å². The Kier molecular flexibility index (Phi) is 4.73. The number of methoxy groups -OCH3 is 2. The van der Waals surface area contributed by atoms with E-state index in [0.717, 1.165) is 0 Å². The third-order valence-corrected chi connectivity index (χ3v) is 3.04. The molecular formula is C14H21NO3. The summed E-state index contributed by atoms with van der Waals surface area (Å²) in [5.74, 6) is 1.23. The molecule has 0 aliphatic rings. The summed E-state index contributed by atoms with van der Waals surface area (Å²) >= 11 is 0. The van der Waals surface area contributed by atoms with E-state index in [1.54, 1.807) is 32.4 Å². The maximum Gasteiger partial charge on any atom is 0.172 e. The molecule has 100 valence electrons. The minimum absolute atomic E-state index is 0.0347. The molecular weight excluding hydrogens is 230 g/mol. The Hall–Kier alpha value is -1.55. The van der Waals surface area contributed by atoms with Gasteiger partial charge in [-0.2, -0.15) is 0 Å². The Bertz CT molecular complexity index is 427. The third kappa shape index (κ3) is 3.01. The van der Waals surface area contributed by atoms with Crippen molar-refractivity contribution in [2.24, 2.45) is 11.1 Å². The van der Waals surface area contributed by atoms with Crippen LogP contribution < -0.4 is 15.2 Å². The molecule has 1 aromatic rings. The molecule has 4 heteroatoms. The smallest absolute Gasteiger partial charge is 0.172 e. The Morgan fingerprint density at radius 2 is 1.94 bits per heavy atom. The molecule has 0 unspecified atom stereocenters. The number of hydrogen-bond acceptors (Lipinski definition) is 4. The van der Waals surface area contributed by atoms with Crippen LogP contribution >= 0.6 is 0 Å². The molecule has 1 rings (SSSR count). The standard InChI is InChI=1S/C14H21NO3/c1-14(2,7-8-15)13(16)11-6-5-10(17-3)9-12(11)18-4/h5-6,9H,7-8,15H2,1-4H3. The molecule has 2 N–H and O–H groups in total. The van der Waals surface area contributed by atoms with E-state index in [4.69, 9.17) is 15.2 Å². The molecule has 0 heterocycles. The lowest BCUT2D eigenvalue weighted by molar-refractivity contribution is 0.0826. The number of rotatable bonds is 6. The van der Waals surface area contributed by atoms with Gasteiger partial charge in [0.05, 0.1) is 19.8 Å². The zero-order valence-corrected chi connectivity index (χ0v) is 11.4. The minimum atomic E-state index is -0.489. The van der Waals surface area contributed by atoms with Gasteiger partial charge in [-0.15, -0.1) is 0 Å². The summed E-state index contributed by atoms with van der Waals surface area (Å²) in [6.07, 6.45) is 0.640. The van der Waals surface area contributed by atoms with E-state index in [1.807, 2.05) is 13.8 Å². The molecule has 4 nitrogen and oxygen atoms in total. The van der Waals surface area contributed by atoms with Crippen molar-refractivity contribution >= 4 is 5.78 Å². The molecule has 1 aromatic carbocycles. The molecule has 0 radical (unpaired) electrons. The monoisotopic (exact) mass is 251 g/mol. The quantitative estimate of drug-likeness (QED) is 0.788. The fraction of sp³-hybridized carbons (Fsp3) is 0.500. The lowest BCUT2D eigenvalue weighted by Gasteiger charge is -2.23. The van der Waals surface area contributed by atoms with Crippen molar-refractivity contribution in [3.05, 3.63) is 23.8 Å². The van der Waals surface area contributed by atoms with Crippen molar-refractivity contribution in [3.8, 4) is 11.5 Å². The number of benzene rings is 1. The first-order valence-corrected chi connectivity index (χ1v) is 5.93. The predicted molar refractivity (Wildman–Crippen MR) is 71.3 cm³/mol. The maximum atomic E-state index is 12.5. The van der Waals surface area contributed by atoms with Crippen molar-refractivity contribution in [1.82, 2.24) is 0 Å². The average Bonchev–Trinajstić information content (AvgIpc) is 2.37. The van der Waals surface area contributed by atoms with Gasteiger partial charge in [0.1, 0.15) is 11.5 Å². The van der Waals surface area contributed by atoms with Gasteiger partial charge < -0.3 is 15.2 Å².